The smallest absolute Gasteiger partial charge is 0.286 e. The van der Waals surface area contributed by atoms with Crippen LogP contribution in [0.3, 0.4) is 0 Å². The molecule has 1 aromatic heterocycles. The average molecular weight is 215 g/mol. The summed E-state index contributed by atoms with van der Waals surface area (Å²) in [5, 5.41) is 0.484. The average Bonchev–Trinajstić information content (AvgIpc) is 2.08. The van der Waals surface area contributed by atoms with Crippen molar-refractivity contribution in [2.45, 2.75) is 0 Å². The van der Waals surface area contributed by atoms with Crippen molar-refractivity contribution in [3.63, 3.8) is 0 Å². The SMILES string of the molecule is O=c1[nH]c2ccc(Cl)cc2nc1Cl. The monoisotopic (exact) mass is 214 g/mol. The Bertz CT molecular complexity index is 521. The summed E-state index contributed by atoms with van der Waals surface area (Å²) in [5.41, 5.74) is 0.812. The quantitative estimate of drug-likeness (QED) is 0.732. The van der Waals surface area contributed by atoms with E-state index in [0.717, 1.165) is 0 Å². The Balaban J connectivity index is 2.89. The van der Waals surface area contributed by atoms with E-state index in [1.165, 1.54) is 0 Å². The minimum Gasteiger partial charge on any atom is -0.318 e. The molecule has 1 aromatic carbocycles. The molecule has 0 fully saturated rings. The standard InChI is InChI=1S/C8H4Cl2N2O/c9-4-1-2-5-6(3-4)11-7(10)8(13)12-5/h1-3H,(H,12,13). The van der Waals surface area contributed by atoms with Crippen LogP contribution in [0.25, 0.3) is 11.0 Å². The third kappa shape index (κ3) is 1.53. The van der Waals surface area contributed by atoms with E-state index >= 15 is 0 Å². The van der Waals surface area contributed by atoms with Crippen molar-refractivity contribution in [1.29, 1.82) is 0 Å². The first-order valence-electron chi connectivity index (χ1n) is 3.52. The van der Waals surface area contributed by atoms with Crippen molar-refractivity contribution < 1.29 is 0 Å². The normalized spacial score (nSPS) is 10.6. The van der Waals surface area contributed by atoms with Gasteiger partial charge in [0.15, 0.2) is 5.15 Å². The van der Waals surface area contributed by atoms with Crippen molar-refractivity contribution in [1.82, 2.24) is 9.97 Å². The second kappa shape index (κ2) is 3.01. The van der Waals surface area contributed by atoms with Crippen molar-refractivity contribution in [2.75, 3.05) is 0 Å². The molecular weight excluding hydrogens is 211 g/mol. The van der Waals surface area contributed by atoms with Crippen molar-refractivity contribution in [2.24, 2.45) is 0 Å². The van der Waals surface area contributed by atoms with Crippen LogP contribution in [0.15, 0.2) is 23.0 Å². The van der Waals surface area contributed by atoms with E-state index in [9.17, 15) is 4.79 Å². The van der Waals surface area contributed by atoms with Crippen molar-refractivity contribution in [3.05, 3.63) is 38.7 Å². The van der Waals surface area contributed by atoms with Gasteiger partial charge in [0.2, 0.25) is 0 Å². The zero-order valence-corrected chi connectivity index (χ0v) is 7.86. The first-order chi connectivity index (χ1) is 6.16. The lowest BCUT2D eigenvalue weighted by atomic mass is 10.3. The number of halogens is 2. The molecule has 13 heavy (non-hydrogen) atoms. The van der Waals surface area contributed by atoms with Gasteiger partial charge in [-0.25, -0.2) is 4.98 Å². The predicted molar refractivity (Wildman–Crippen MR) is 52.4 cm³/mol. The Hall–Kier alpha value is -1.06. The van der Waals surface area contributed by atoms with E-state index in [0.29, 0.717) is 16.1 Å². The molecule has 66 valence electrons. The van der Waals surface area contributed by atoms with Crippen LogP contribution in [0.5, 0.6) is 0 Å². The van der Waals surface area contributed by atoms with Crippen LogP contribution in [0.2, 0.25) is 10.2 Å². The Morgan fingerprint density at radius 3 is 2.85 bits per heavy atom. The van der Waals surface area contributed by atoms with Gasteiger partial charge in [-0.15, -0.1) is 0 Å². The highest BCUT2D eigenvalue weighted by molar-refractivity contribution is 6.31. The first-order valence-corrected chi connectivity index (χ1v) is 4.27. The number of fused-ring (bicyclic) bond motifs is 1. The molecule has 0 aliphatic carbocycles. The van der Waals surface area contributed by atoms with Gasteiger partial charge in [0, 0.05) is 5.02 Å². The Kier molecular flexibility index (Phi) is 1.98. The number of benzene rings is 1. The maximum Gasteiger partial charge on any atom is 0.286 e. The van der Waals surface area contributed by atoms with Gasteiger partial charge >= 0.3 is 0 Å². The van der Waals surface area contributed by atoms with Crippen LogP contribution in [0, 0.1) is 0 Å². The van der Waals surface area contributed by atoms with Crippen LogP contribution in [-0.4, -0.2) is 9.97 Å². The van der Waals surface area contributed by atoms with Gasteiger partial charge < -0.3 is 4.98 Å². The molecule has 0 radical (unpaired) electrons. The lowest BCUT2D eigenvalue weighted by Gasteiger charge is -1.97. The molecule has 0 unspecified atom stereocenters. The second-order valence-electron chi connectivity index (χ2n) is 2.52. The van der Waals surface area contributed by atoms with Crippen LogP contribution in [-0.2, 0) is 0 Å². The Morgan fingerprint density at radius 2 is 2.08 bits per heavy atom. The Morgan fingerprint density at radius 1 is 1.31 bits per heavy atom. The molecule has 0 aliphatic rings. The van der Waals surface area contributed by atoms with Gasteiger partial charge in [-0.05, 0) is 18.2 Å². The summed E-state index contributed by atoms with van der Waals surface area (Å²) in [6, 6.07) is 5.00. The molecule has 0 bridgehead atoms. The molecule has 0 spiro atoms. The van der Waals surface area contributed by atoms with Gasteiger partial charge in [0.1, 0.15) is 0 Å². The second-order valence-corrected chi connectivity index (χ2v) is 3.31. The van der Waals surface area contributed by atoms with Gasteiger partial charge in [-0.3, -0.25) is 4.79 Å². The number of rotatable bonds is 0. The highest BCUT2D eigenvalue weighted by atomic mass is 35.5. The van der Waals surface area contributed by atoms with Crippen LogP contribution >= 0.6 is 23.2 Å². The highest BCUT2D eigenvalue weighted by Crippen LogP contribution is 2.15. The molecule has 1 heterocycles. The summed E-state index contributed by atoms with van der Waals surface area (Å²) in [6.07, 6.45) is 0. The van der Waals surface area contributed by atoms with Crippen LogP contribution in [0.1, 0.15) is 0 Å². The van der Waals surface area contributed by atoms with E-state index in [1.807, 2.05) is 0 Å². The minimum absolute atomic E-state index is 0.0743. The number of nitrogens with zero attached hydrogens (tertiary/aromatic N) is 1. The molecule has 0 saturated carbocycles. The zero-order chi connectivity index (χ0) is 9.42. The van der Waals surface area contributed by atoms with Crippen LogP contribution < -0.4 is 5.56 Å². The topological polar surface area (TPSA) is 45.8 Å². The zero-order valence-electron chi connectivity index (χ0n) is 6.34. The van der Waals surface area contributed by atoms with E-state index in [4.69, 9.17) is 23.2 Å². The number of H-pyrrole nitrogens is 1. The highest BCUT2D eigenvalue weighted by Gasteiger charge is 2.01. The Labute approximate surface area is 83.3 Å². The number of hydrogen-bond acceptors (Lipinski definition) is 2. The predicted octanol–water partition coefficient (Wildman–Crippen LogP) is 2.23. The molecule has 2 aromatic rings. The summed E-state index contributed by atoms with van der Waals surface area (Å²) >= 11 is 11.3. The van der Waals surface area contributed by atoms with E-state index in [1.54, 1.807) is 18.2 Å². The lowest BCUT2D eigenvalue weighted by molar-refractivity contribution is 1.22. The maximum atomic E-state index is 11.0. The number of aromatic amines is 1. The molecule has 2 rings (SSSR count). The number of aromatic nitrogens is 2. The van der Waals surface area contributed by atoms with Gasteiger partial charge in [0.25, 0.3) is 5.56 Å². The molecule has 0 atom stereocenters. The summed E-state index contributed by atoms with van der Waals surface area (Å²) in [4.78, 5) is 17.5. The number of hydrogen-bond donors (Lipinski definition) is 1. The van der Waals surface area contributed by atoms with Gasteiger partial charge in [0.05, 0.1) is 11.0 Å². The summed E-state index contributed by atoms with van der Waals surface area (Å²) in [6.45, 7) is 0. The third-order valence-electron chi connectivity index (χ3n) is 1.61. The molecule has 3 nitrogen and oxygen atoms in total. The third-order valence-corrected chi connectivity index (χ3v) is 2.11. The van der Waals surface area contributed by atoms with Crippen LogP contribution in [0.4, 0.5) is 0 Å². The van der Waals surface area contributed by atoms with E-state index in [-0.39, 0.29) is 5.15 Å². The lowest BCUT2D eigenvalue weighted by Crippen LogP contribution is -2.07. The maximum absolute atomic E-state index is 11.0. The van der Waals surface area contributed by atoms with Gasteiger partial charge in [-0.1, -0.05) is 23.2 Å². The molecule has 0 aliphatic heterocycles. The van der Waals surface area contributed by atoms with Crippen molar-refractivity contribution >= 4 is 34.2 Å². The van der Waals surface area contributed by atoms with Crippen molar-refractivity contribution in [3.8, 4) is 0 Å². The summed E-state index contributed by atoms with van der Waals surface area (Å²) in [5.74, 6) is 0. The molecule has 5 heteroatoms. The molecule has 0 saturated heterocycles. The largest absolute Gasteiger partial charge is 0.318 e. The molecular formula is C8H4Cl2N2O. The van der Waals surface area contributed by atoms with Gasteiger partial charge in [-0.2, -0.15) is 0 Å². The minimum atomic E-state index is -0.392. The fourth-order valence-electron chi connectivity index (χ4n) is 1.03. The number of nitrogens with one attached hydrogen (secondary N) is 1. The van der Waals surface area contributed by atoms with E-state index < -0.39 is 5.56 Å². The molecule has 0 amide bonds. The first kappa shape index (κ1) is 8.53. The summed E-state index contributed by atoms with van der Waals surface area (Å²) < 4.78 is 0. The fourth-order valence-corrected chi connectivity index (χ4v) is 1.34. The van der Waals surface area contributed by atoms with E-state index in [2.05, 4.69) is 9.97 Å². The summed E-state index contributed by atoms with van der Waals surface area (Å²) in [7, 11) is 0. The molecule has 1 N–H and O–H groups in total. The fraction of sp³-hybridized carbons (Fsp3) is 0.